The molecule has 2 rings (SSSR count). The molecular formula is C18H21N3O3. The van der Waals surface area contributed by atoms with Gasteiger partial charge in [0.2, 0.25) is 5.84 Å². The summed E-state index contributed by atoms with van der Waals surface area (Å²) in [7, 11) is 1.67. The molecule has 0 saturated carbocycles. The molecule has 0 heterocycles. The second kappa shape index (κ2) is 8.21. The lowest BCUT2D eigenvalue weighted by atomic mass is 10.0. The fourth-order valence-electron chi connectivity index (χ4n) is 2.36. The standard InChI is InChI=1S/C18H21N3O3/c1-3-24-18(23)16(19)21-17(22)15(20-2)11-12-8-9-13-6-4-5-7-14(13)10-12/h4-10,15,20H,3,11H2,1-2H3,(H2,19,21,22). The van der Waals surface area contributed by atoms with E-state index in [2.05, 4.69) is 10.3 Å². The summed E-state index contributed by atoms with van der Waals surface area (Å²) in [6.45, 7) is 1.83. The monoisotopic (exact) mass is 327 g/mol. The van der Waals surface area contributed by atoms with Crippen molar-refractivity contribution in [3.05, 3.63) is 48.0 Å². The molecule has 0 radical (unpaired) electrons. The Hall–Kier alpha value is -2.73. The molecular weight excluding hydrogens is 306 g/mol. The van der Waals surface area contributed by atoms with Crippen LogP contribution in [0.3, 0.4) is 0 Å². The molecule has 6 heteroatoms. The maximum Gasteiger partial charge on any atom is 0.373 e. The second-order valence-corrected chi connectivity index (χ2v) is 5.28. The number of nitrogens with zero attached hydrogens (tertiary/aromatic N) is 1. The molecule has 2 aromatic carbocycles. The largest absolute Gasteiger partial charge is 0.460 e. The number of esters is 1. The number of aliphatic imine (C=N–C) groups is 1. The van der Waals surface area contributed by atoms with Crippen molar-refractivity contribution < 1.29 is 14.3 Å². The summed E-state index contributed by atoms with van der Waals surface area (Å²) in [6.07, 6.45) is 0.444. The van der Waals surface area contributed by atoms with E-state index in [1.54, 1.807) is 14.0 Å². The number of carbonyl (C=O) groups excluding carboxylic acids is 2. The van der Waals surface area contributed by atoms with Crippen LogP contribution in [0.4, 0.5) is 0 Å². The smallest absolute Gasteiger partial charge is 0.373 e. The van der Waals surface area contributed by atoms with Gasteiger partial charge < -0.3 is 15.8 Å². The lowest BCUT2D eigenvalue weighted by Crippen LogP contribution is -2.37. The van der Waals surface area contributed by atoms with Crippen LogP contribution >= 0.6 is 0 Å². The lowest BCUT2D eigenvalue weighted by molar-refractivity contribution is -0.135. The molecule has 0 fully saturated rings. The number of ether oxygens (including phenoxy) is 1. The SMILES string of the molecule is CCOC(=O)C(N)=NC(=O)C(Cc1ccc2ccccc2c1)NC. The van der Waals surface area contributed by atoms with Crippen molar-refractivity contribution in [3.63, 3.8) is 0 Å². The number of fused-ring (bicyclic) bond motifs is 1. The van der Waals surface area contributed by atoms with Crippen LogP contribution in [0.15, 0.2) is 47.5 Å². The highest BCUT2D eigenvalue weighted by atomic mass is 16.5. The van der Waals surface area contributed by atoms with E-state index in [9.17, 15) is 9.59 Å². The fourth-order valence-corrected chi connectivity index (χ4v) is 2.36. The van der Waals surface area contributed by atoms with Crippen LogP contribution in [0, 0.1) is 0 Å². The molecule has 1 amide bonds. The Morgan fingerprint density at radius 2 is 1.92 bits per heavy atom. The van der Waals surface area contributed by atoms with Crippen LogP contribution in [-0.2, 0) is 20.7 Å². The number of hydrogen-bond acceptors (Lipinski definition) is 4. The van der Waals surface area contributed by atoms with Crippen molar-refractivity contribution in [2.45, 2.75) is 19.4 Å². The molecule has 0 bridgehead atoms. The summed E-state index contributed by atoms with van der Waals surface area (Å²) >= 11 is 0. The molecule has 126 valence electrons. The van der Waals surface area contributed by atoms with Crippen LogP contribution in [0.1, 0.15) is 12.5 Å². The summed E-state index contributed by atoms with van der Waals surface area (Å²) < 4.78 is 4.72. The molecule has 2 aromatic rings. The molecule has 1 unspecified atom stereocenters. The highest BCUT2D eigenvalue weighted by Gasteiger charge is 2.19. The van der Waals surface area contributed by atoms with E-state index in [1.165, 1.54) is 0 Å². The predicted molar refractivity (Wildman–Crippen MR) is 93.8 cm³/mol. The Morgan fingerprint density at radius 1 is 1.21 bits per heavy atom. The van der Waals surface area contributed by atoms with Gasteiger partial charge in [-0.25, -0.2) is 4.79 Å². The second-order valence-electron chi connectivity index (χ2n) is 5.28. The van der Waals surface area contributed by atoms with Crippen molar-refractivity contribution >= 4 is 28.5 Å². The zero-order valence-electron chi connectivity index (χ0n) is 13.8. The lowest BCUT2D eigenvalue weighted by Gasteiger charge is -2.13. The van der Waals surface area contributed by atoms with Crippen LogP contribution in [0.2, 0.25) is 0 Å². The average molecular weight is 327 g/mol. The van der Waals surface area contributed by atoms with E-state index in [-0.39, 0.29) is 6.61 Å². The molecule has 0 aromatic heterocycles. The average Bonchev–Trinajstić information content (AvgIpc) is 2.59. The van der Waals surface area contributed by atoms with Crippen LogP contribution in [-0.4, -0.2) is 37.4 Å². The summed E-state index contributed by atoms with van der Waals surface area (Å²) in [5.41, 5.74) is 6.48. The highest BCUT2D eigenvalue weighted by molar-refractivity contribution is 6.36. The Morgan fingerprint density at radius 3 is 2.58 bits per heavy atom. The first-order chi connectivity index (χ1) is 11.5. The van der Waals surface area contributed by atoms with Crippen molar-refractivity contribution in [3.8, 4) is 0 Å². The van der Waals surface area contributed by atoms with Crippen molar-refractivity contribution in [2.75, 3.05) is 13.7 Å². The summed E-state index contributed by atoms with van der Waals surface area (Å²) in [4.78, 5) is 27.3. The third-order valence-corrected chi connectivity index (χ3v) is 3.62. The first kappa shape index (κ1) is 17.6. The van der Waals surface area contributed by atoms with Gasteiger partial charge in [0, 0.05) is 0 Å². The number of hydrogen-bond donors (Lipinski definition) is 2. The zero-order valence-corrected chi connectivity index (χ0v) is 13.8. The Labute approximate surface area is 140 Å². The number of nitrogens with two attached hydrogens (primary N) is 1. The van der Waals surface area contributed by atoms with E-state index < -0.39 is 23.8 Å². The molecule has 3 N–H and O–H groups in total. The predicted octanol–water partition coefficient (Wildman–Crippen LogP) is 1.42. The minimum atomic E-state index is -0.786. The molecule has 0 aliphatic carbocycles. The number of amides is 1. The highest BCUT2D eigenvalue weighted by Crippen LogP contribution is 2.16. The van der Waals surface area contributed by atoms with Gasteiger partial charge in [0.05, 0.1) is 12.6 Å². The normalized spacial score (nSPS) is 12.8. The van der Waals surface area contributed by atoms with Gasteiger partial charge in [-0.05, 0) is 36.7 Å². The van der Waals surface area contributed by atoms with E-state index in [0.29, 0.717) is 6.42 Å². The number of rotatable bonds is 5. The van der Waals surface area contributed by atoms with Gasteiger partial charge in [-0.15, -0.1) is 0 Å². The van der Waals surface area contributed by atoms with Crippen LogP contribution in [0.5, 0.6) is 0 Å². The molecule has 1 atom stereocenters. The molecule has 0 spiro atoms. The molecule has 0 aliphatic heterocycles. The quantitative estimate of drug-likeness (QED) is 0.492. The molecule has 0 saturated heterocycles. The van der Waals surface area contributed by atoms with Crippen molar-refractivity contribution in [1.82, 2.24) is 5.32 Å². The van der Waals surface area contributed by atoms with Crippen molar-refractivity contribution in [1.29, 1.82) is 0 Å². The first-order valence-corrected chi connectivity index (χ1v) is 7.75. The maximum atomic E-state index is 12.2. The molecule has 24 heavy (non-hydrogen) atoms. The van der Waals surface area contributed by atoms with E-state index in [1.807, 2.05) is 42.5 Å². The Balaban J connectivity index is 2.13. The third kappa shape index (κ3) is 4.39. The number of nitrogens with one attached hydrogen (secondary N) is 1. The van der Waals surface area contributed by atoms with E-state index >= 15 is 0 Å². The fraction of sp³-hybridized carbons (Fsp3) is 0.278. The topological polar surface area (TPSA) is 93.8 Å². The molecule has 0 aliphatic rings. The minimum Gasteiger partial charge on any atom is -0.460 e. The Bertz CT molecular complexity index is 771. The maximum absolute atomic E-state index is 12.2. The van der Waals surface area contributed by atoms with Gasteiger partial charge in [-0.1, -0.05) is 42.5 Å². The van der Waals surface area contributed by atoms with Gasteiger partial charge in [0.1, 0.15) is 0 Å². The van der Waals surface area contributed by atoms with Crippen molar-refractivity contribution in [2.24, 2.45) is 10.7 Å². The number of likely N-dealkylation sites (N-methyl/N-ethyl adjacent to an activating group) is 1. The Kier molecular flexibility index (Phi) is 6.03. The number of carbonyl (C=O) groups is 2. The van der Waals surface area contributed by atoms with Gasteiger partial charge in [0.25, 0.3) is 5.91 Å². The summed E-state index contributed by atoms with van der Waals surface area (Å²) in [6, 6.07) is 13.4. The van der Waals surface area contributed by atoms with Crippen LogP contribution < -0.4 is 11.1 Å². The first-order valence-electron chi connectivity index (χ1n) is 7.75. The number of amidine groups is 1. The number of benzene rings is 2. The third-order valence-electron chi connectivity index (χ3n) is 3.62. The van der Waals surface area contributed by atoms with Crippen LogP contribution in [0.25, 0.3) is 10.8 Å². The summed E-state index contributed by atoms with van der Waals surface area (Å²) in [5.74, 6) is -1.72. The van der Waals surface area contributed by atoms with Gasteiger partial charge in [0.15, 0.2) is 0 Å². The summed E-state index contributed by atoms with van der Waals surface area (Å²) in [5, 5.41) is 5.15. The minimum absolute atomic E-state index is 0.176. The molecule has 6 nitrogen and oxygen atoms in total. The van der Waals surface area contributed by atoms with E-state index in [4.69, 9.17) is 10.5 Å². The van der Waals surface area contributed by atoms with Gasteiger partial charge in [-0.2, -0.15) is 4.99 Å². The van der Waals surface area contributed by atoms with Gasteiger partial charge in [-0.3, -0.25) is 4.79 Å². The van der Waals surface area contributed by atoms with Gasteiger partial charge >= 0.3 is 5.97 Å². The zero-order chi connectivity index (χ0) is 17.5. The van der Waals surface area contributed by atoms with E-state index in [0.717, 1.165) is 16.3 Å².